The third-order valence-electron chi connectivity index (χ3n) is 4.13. The molecular formula is C21H20F2N2O3. The highest BCUT2D eigenvalue weighted by Crippen LogP contribution is 2.33. The number of likely N-dealkylation sites (tertiary alicyclic amines) is 1. The van der Waals surface area contributed by atoms with Gasteiger partial charge in [0.2, 0.25) is 0 Å². The molecule has 0 bridgehead atoms. The topological polar surface area (TPSA) is 62.6 Å². The molecule has 146 valence electrons. The number of nitriles is 1. The minimum atomic E-state index is -0.981. The quantitative estimate of drug-likeness (QED) is 0.779. The fraction of sp³-hybridized carbons (Fsp3) is 0.333. The van der Waals surface area contributed by atoms with Gasteiger partial charge in [-0.05, 0) is 56.7 Å². The minimum absolute atomic E-state index is 0.260. The predicted octanol–water partition coefficient (Wildman–Crippen LogP) is 4.50. The second-order valence-electron chi connectivity index (χ2n) is 7.58. The Morgan fingerprint density at radius 3 is 2.46 bits per heavy atom. The Morgan fingerprint density at radius 1 is 1.14 bits per heavy atom. The van der Waals surface area contributed by atoms with E-state index in [1.54, 1.807) is 39.0 Å². The van der Waals surface area contributed by atoms with Crippen molar-refractivity contribution in [3.05, 3.63) is 53.6 Å². The summed E-state index contributed by atoms with van der Waals surface area (Å²) < 4.78 is 38.2. The summed E-state index contributed by atoms with van der Waals surface area (Å²) in [5.74, 6) is -1.50. The van der Waals surface area contributed by atoms with Crippen molar-refractivity contribution in [1.29, 1.82) is 5.26 Å². The van der Waals surface area contributed by atoms with Crippen molar-refractivity contribution in [3.8, 4) is 22.9 Å². The summed E-state index contributed by atoms with van der Waals surface area (Å²) in [5.41, 5.74) is 0.676. The molecule has 7 heteroatoms. The molecule has 0 saturated carbocycles. The Bertz CT molecular complexity index is 942. The first-order valence-electron chi connectivity index (χ1n) is 8.80. The second-order valence-corrected chi connectivity index (χ2v) is 7.58. The maximum atomic E-state index is 13.7. The first-order valence-corrected chi connectivity index (χ1v) is 8.80. The molecule has 1 saturated heterocycles. The lowest BCUT2D eigenvalue weighted by molar-refractivity contribution is -0.0220. The van der Waals surface area contributed by atoms with E-state index in [9.17, 15) is 13.6 Å². The molecule has 5 nitrogen and oxygen atoms in total. The zero-order chi connectivity index (χ0) is 20.5. The molecule has 0 unspecified atom stereocenters. The van der Waals surface area contributed by atoms with Crippen LogP contribution in [0, 0.1) is 23.0 Å². The smallest absolute Gasteiger partial charge is 0.410 e. The Morgan fingerprint density at radius 2 is 1.86 bits per heavy atom. The van der Waals surface area contributed by atoms with Gasteiger partial charge in [-0.1, -0.05) is 6.07 Å². The molecule has 0 atom stereocenters. The van der Waals surface area contributed by atoms with E-state index in [4.69, 9.17) is 14.7 Å². The summed E-state index contributed by atoms with van der Waals surface area (Å²) in [6, 6.07) is 10.3. The molecule has 0 aliphatic carbocycles. The van der Waals surface area contributed by atoms with Crippen LogP contribution in [-0.4, -0.2) is 35.8 Å². The van der Waals surface area contributed by atoms with Crippen LogP contribution in [0.15, 0.2) is 36.4 Å². The average molecular weight is 386 g/mol. The molecule has 0 spiro atoms. The summed E-state index contributed by atoms with van der Waals surface area (Å²) >= 11 is 0. The summed E-state index contributed by atoms with van der Waals surface area (Å²) in [6.45, 7) is 6.09. The summed E-state index contributed by atoms with van der Waals surface area (Å²) in [4.78, 5) is 13.5. The molecule has 1 fully saturated rings. The van der Waals surface area contributed by atoms with Crippen molar-refractivity contribution in [3.63, 3.8) is 0 Å². The van der Waals surface area contributed by atoms with Gasteiger partial charge in [-0.25, -0.2) is 13.6 Å². The fourth-order valence-corrected chi connectivity index (χ4v) is 2.76. The largest absolute Gasteiger partial charge is 0.486 e. The highest BCUT2D eigenvalue weighted by molar-refractivity contribution is 5.72. The summed E-state index contributed by atoms with van der Waals surface area (Å²) in [6.07, 6.45) is -0.669. The molecule has 28 heavy (non-hydrogen) atoms. The molecule has 0 radical (unpaired) electrons. The van der Waals surface area contributed by atoms with Gasteiger partial charge in [-0.15, -0.1) is 0 Å². The van der Waals surface area contributed by atoms with Crippen LogP contribution in [-0.2, 0) is 4.74 Å². The van der Waals surface area contributed by atoms with Gasteiger partial charge in [-0.3, -0.25) is 0 Å². The van der Waals surface area contributed by atoms with Crippen LogP contribution in [0.25, 0.3) is 11.1 Å². The number of hydrogen-bond donors (Lipinski definition) is 0. The van der Waals surface area contributed by atoms with Crippen LogP contribution < -0.4 is 4.74 Å². The van der Waals surface area contributed by atoms with E-state index in [2.05, 4.69) is 0 Å². The lowest BCUT2D eigenvalue weighted by Crippen LogP contribution is -2.57. The number of amides is 1. The molecule has 1 amide bonds. The minimum Gasteiger partial charge on any atom is -0.486 e. The molecule has 0 aromatic heterocycles. The number of nitrogens with zero attached hydrogens (tertiary/aromatic N) is 2. The number of halogens is 2. The lowest BCUT2D eigenvalue weighted by Gasteiger charge is -2.39. The van der Waals surface area contributed by atoms with Crippen molar-refractivity contribution in [2.75, 3.05) is 13.1 Å². The Balaban J connectivity index is 1.76. The van der Waals surface area contributed by atoms with E-state index in [-0.39, 0.29) is 6.10 Å². The van der Waals surface area contributed by atoms with Crippen molar-refractivity contribution < 1.29 is 23.0 Å². The van der Waals surface area contributed by atoms with Crippen LogP contribution >= 0.6 is 0 Å². The van der Waals surface area contributed by atoms with Crippen LogP contribution in [0.4, 0.5) is 13.6 Å². The second kappa shape index (κ2) is 7.47. The number of rotatable bonds is 3. The molecule has 2 aromatic rings. The number of carbonyl (C=O) groups is 1. The van der Waals surface area contributed by atoms with Gasteiger partial charge < -0.3 is 14.4 Å². The van der Waals surface area contributed by atoms with Crippen molar-refractivity contribution in [2.24, 2.45) is 0 Å². The molecule has 1 heterocycles. The fourth-order valence-electron chi connectivity index (χ4n) is 2.76. The average Bonchev–Trinajstić information content (AvgIpc) is 2.58. The molecular weight excluding hydrogens is 366 g/mol. The van der Waals surface area contributed by atoms with Gasteiger partial charge >= 0.3 is 6.09 Å². The SMILES string of the molecule is CC(C)(C)OC(=O)N1CC(Oc2ccc(C#N)cc2-c2ccc(F)c(F)c2)C1. The molecule has 2 aromatic carbocycles. The van der Waals surface area contributed by atoms with Gasteiger partial charge in [-0.2, -0.15) is 5.26 Å². The highest BCUT2D eigenvalue weighted by Gasteiger charge is 2.35. The number of ether oxygens (including phenoxy) is 2. The van der Waals surface area contributed by atoms with Gasteiger partial charge in [0, 0.05) is 5.56 Å². The molecule has 1 aliphatic heterocycles. The van der Waals surface area contributed by atoms with Crippen LogP contribution in [0.5, 0.6) is 5.75 Å². The van der Waals surface area contributed by atoms with Gasteiger partial charge in [0.15, 0.2) is 11.6 Å². The molecule has 1 aliphatic rings. The third-order valence-corrected chi connectivity index (χ3v) is 4.13. The van der Waals surface area contributed by atoms with Gasteiger partial charge in [0.1, 0.15) is 17.5 Å². The van der Waals surface area contributed by atoms with Crippen LogP contribution in [0.3, 0.4) is 0 Å². The first-order chi connectivity index (χ1) is 13.2. The third kappa shape index (κ3) is 4.39. The van der Waals surface area contributed by atoms with E-state index < -0.39 is 23.3 Å². The molecule has 0 N–H and O–H groups in total. The van der Waals surface area contributed by atoms with E-state index >= 15 is 0 Å². The van der Waals surface area contributed by atoms with Crippen molar-refractivity contribution in [2.45, 2.75) is 32.5 Å². The maximum Gasteiger partial charge on any atom is 0.410 e. The van der Waals surface area contributed by atoms with Gasteiger partial charge in [0.25, 0.3) is 0 Å². The van der Waals surface area contributed by atoms with E-state index in [0.717, 1.165) is 12.1 Å². The zero-order valence-corrected chi connectivity index (χ0v) is 15.8. The van der Waals surface area contributed by atoms with Crippen LogP contribution in [0.2, 0.25) is 0 Å². The maximum absolute atomic E-state index is 13.7. The standard InChI is InChI=1S/C21H20F2N2O3/c1-21(2,3)28-20(26)25-11-15(12-25)27-19-7-4-13(10-24)8-16(19)14-5-6-17(22)18(23)9-14/h4-9,15H,11-12H2,1-3H3. The van der Waals surface area contributed by atoms with E-state index in [1.165, 1.54) is 11.0 Å². The Kier molecular flexibility index (Phi) is 5.23. The Hall–Kier alpha value is -3.14. The van der Waals surface area contributed by atoms with Crippen LogP contribution in [0.1, 0.15) is 26.3 Å². The van der Waals surface area contributed by atoms with E-state index in [0.29, 0.717) is 35.5 Å². The Labute approximate surface area is 162 Å². The van der Waals surface area contributed by atoms with E-state index in [1.807, 2.05) is 6.07 Å². The summed E-state index contributed by atoms with van der Waals surface area (Å²) in [7, 11) is 0. The summed E-state index contributed by atoms with van der Waals surface area (Å²) in [5, 5.41) is 9.14. The monoisotopic (exact) mass is 386 g/mol. The number of carbonyl (C=O) groups excluding carboxylic acids is 1. The first kappa shape index (κ1) is 19.6. The molecule has 3 rings (SSSR count). The number of benzene rings is 2. The predicted molar refractivity (Wildman–Crippen MR) is 98.7 cm³/mol. The lowest BCUT2D eigenvalue weighted by atomic mass is 10.0. The van der Waals surface area contributed by atoms with Crippen molar-refractivity contribution in [1.82, 2.24) is 4.90 Å². The van der Waals surface area contributed by atoms with Gasteiger partial charge in [0.05, 0.1) is 24.7 Å². The van der Waals surface area contributed by atoms with Crippen molar-refractivity contribution >= 4 is 6.09 Å². The normalized spacial score (nSPS) is 14.2. The number of hydrogen-bond acceptors (Lipinski definition) is 4. The zero-order valence-electron chi connectivity index (χ0n) is 15.8. The highest BCUT2D eigenvalue weighted by atomic mass is 19.2.